The topological polar surface area (TPSA) is 46.3 Å². The molecule has 1 aliphatic rings. The molecule has 1 amide bonds. The van der Waals surface area contributed by atoms with Gasteiger partial charge in [-0.15, -0.1) is 0 Å². The van der Waals surface area contributed by atoms with Gasteiger partial charge in [0.05, 0.1) is 5.92 Å². The van der Waals surface area contributed by atoms with Gasteiger partial charge in [0.25, 0.3) is 0 Å². The quantitative estimate of drug-likeness (QED) is 0.725. The van der Waals surface area contributed by atoms with Crippen LogP contribution in [0.3, 0.4) is 0 Å². The van der Waals surface area contributed by atoms with Crippen molar-refractivity contribution in [2.24, 2.45) is 23.5 Å². The maximum absolute atomic E-state index is 12.0. The molecule has 0 radical (unpaired) electrons. The van der Waals surface area contributed by atoms with Crippen LogP contribution in [-0.2, 0) is 4.79 Å². The molecule has 3 unspecified atom stereocenters. The summed E-state index contributed by atoms with van der Waals surface area (Å²) in [7, 11) is 1.91. The highest BCUT2D eigenvalue weighted by atomic mass is 16.2. The predicted octanol–water partition coefficient (Wildman–Crippen LogP) is 1.48. The van der Waals surface area contributed by atoms with E-state index in [4.69, 9.17) is 5.73 Å². The largest absolute Gasteiger partial charge is 0.345 e. The molecule has 2 N–H and O–H groups in total. The number of carbonyl (C=O) groups is 1. The van der Waals surface area contributed by atoms with E-state index in [2.05, 4.69) is 13.8 Å². The van der Waals surface area contributed by atoms with Crippen molar-refractivity contribution in [1.82, 2.24) is 4.90 Å². The van der Waals surface area contributed by atoms with Gasteiger partial charge in [0.2, 0.25) is 5.91 Å². The number of nitrogens with zero attached hydrogens (tertiary/aromatic N) is 1. The molecule has 3 atom stereocenters. The summed E-state index contributed by atoms with van der Waals surface area (Å²) in [5, 5.41) is 0. The SMILES string of the molecule is CCCC(CN)C(=O)N(C)CC1CC1C. The van der Waals surface area contributed by atoms with Crippen molar-refractivity contribution >= 4 is 5.91 Å². The van der Waals surface area contributed by atoms with E-state index < -0.39 is 0 Å². The van der Waals surface area contributed by atoms with Crippen LogP contribution in [0.4, 0.5) is 0 Å². The van der Waals surface area contributed by atoms with Crippen LogP contribution in [0.2, 0.25) is 0 Å². The molecule has 0 aliphatic heterocycles. The lowest BCUT2D eigenvalue weighted by Gasteiger charge is -2.22. The Kier molecular flexibility index (Phi) is 4.58. The molecular formula is C12H24N2O. The molecule has 0 spiro atoms. The molecule has 0 bridgehead atoms. The van der Waals surface area contributed by atoms with Crippen LogP contribution >= 0.6 is 0 Å². The molecule has 1 rings (SSSR count). The highest BCUT2D eigenvalue weighted by molar-refractivity contribution is 5.78. The summed E-state index contributed by atoms with van der Waals surface area (Å²) < 4.78 is 0. The first-order valence-electron chi connectivity index (χ1n) is 6.05. The van der Waals surface area contributed by atoms with E-state index >= 15 is 0 Å². The molecule has 3 heteroatoms. The third-order valence-electron chi connectivity index (χ3n) is 3.43. The van der Waals surface area contributed by atoms with E-state index in [0.717, 1.165) is 31.2 Å². The summed E-state index contributed by atoms with van der Waals surface area (Å²) in [6.45, 7) is 5.74. The lowest BCUT2D eigenvalue weighted by Crippen LogP contribution is -2.37. The van der Waals surface area contributed by atoms with Gasteiger partial charge in [-0.2, -0.15) is 0 Å². The van der Waals surface area contributed by atoms with Gasteiger partial charge < -0.3 is 10.6 Å². The Bertz CT molecular complexity index is 218. The van der Waals surface area contributed by atoms with Gasteiger partial charge in [-0.3, -0.25) is 4.79 Å². The second kappa shape index (κ2) is 5.50. The van der Waals surface area contributed by atoms with Gasteiger partial charge in [0.1, 0.15) is 0 Å². The monoisotopic (exact) mass is 212 g/mol. The number of rotatable bonds is 6. The van der Waals surface area contributed by atoms with Crippen molar-refractivity contribution in [3.8, 4) is 0 Å². The minimum Gasteiger partial charge on any atom is -0.345 e. The molecule has 0 heterocycles. The van der Waals surface area contributed by atoms with Crippen LogP contribution in [0, 0.1) is 17.8 Å². The zero-order valence-electron chi connectivity index (χ0n) is 10.2. The molecule has 0 aromatic carbocycles. The molecule has 0 aromatic heterocycles. The van der Waals surface area contributed by atoms with Crippen LogP contribution in [-0.4, -0.2) is 30.9 Å². The Morgan fingerprint density at radius 1 is 1.60 bits per heavy atom. The minimum atomic E-state index is 0.0362. The van der Waals surface area contributed by atoms with Crippen molar-refractivity contribution in [2.45, 2.75) is 33.1 Å². The van der Waals surface area contributed by atoms with Gasteiger partial charge in [-0.05, 0) is 24.7 Å². The highest BCUT2D eigenvalue weighted by Gasteiger charge is 2.34. The zero-order valence-corrected chi connectivity index (χ0v) is 10.2. The molecule has 1 saturated carbocycles. The van der Waals surface area contributed by atoms with E-state index in [-0.39, 0.29) is 11.8 Å². The fourth-order valence-electron chi connectivity index (χ4n) is 2.10. The molecule has 15 heavy (non-hydrogen) atoms. The summed E-state index contributed by atoms with van der Waals surface area (Å²) >= 11 is 0. The second-order valence-corrected chi connectivity index (χ2v) is 4.91. The van der Waals surface area contributed by atoms with E-state index in [9.17, 15) is 4.79 Å². The van der Waals surface area contributed by atoms with Crippen molar-refractivity contribution in [3.05, 3.63) is 0 Å². The van der Waals surface area contributed by atoms with Gasteiger partial charge in [-0.1, -0.05) is 20.3 Å². The maximum atomic E-state index is 12.0. The third-order valence-corrected chi connectivity index (χ3v) is 3.43. The Hall–Kier alpha value is -0.570. The van der Waals surface area contributed by atoms with Crippen molar-refractivity contribution in [1.29, 1.82) is 0 Å². The minimum absolute atomic E-state index is 0.0362. The predicted molar refractivity (Wildman–Crippen MR) is 62.4 cm³/mol. The fraction of sp³-hybridized carbons (Fsp3) is 0.917. The smallest absolute Gasteiger partial charge is 0.226 e. The average molecular weight is 212 g/mol. The van der Waals surface area contributed by atoms with Crippen molar-refractivity contribution < 1.29 is 4.79 Å². The first kappa shape index (κ1) is 12.5. The Labute approximate surface area is 93.0 Å². The molecule has 1 fully saturated rings. The average Bonchev–Trinajstić information content (AvgIpc) is 2.89. The zero-order chi connectivity index (χ0) is 11.4. The summed E-state index contributed by atoms with van der Waals surface area (Å²) in [4.78, 5) is 13.9. The van der Waals surface area contributed by atoms with Crippen LogP contribution in [0.5, 0.6) is 0 Å². The summed E-state index contributed by atoms with van der Waals surface area (Å²) in [6, 6.07) is 0. The molecule has 0 aromatic rings. The van der Waals surface area contributed by atoms with Gasteiger partial charge in [0.15, 0.2) is 0 Å². The van der Waals surface area contributed by atoms with Gasteiger partial charge in [0, 0.05) is 20.1 Å². The number of carbonyl (C=O) groups excluding carboxylic acids is 1. The van der Waals surface area contributed by atoms with Crippen LogP contribution in [0.1, 0.15) is 33.1 Å². The van der Waals surface area contributed by atoms with E-state index in [1.807, 2.05) is 11.9 Å². The lowest BCUT2D eigenvalue weighted by atomic mass is 10.0. The highest BCUT2D eigenvalue weighted by Crippen LogP contribution is 2.38. The Morgan fingerprint density at radius 3 is 2.60 bits per heavy atom. The maximum Gasteiger partial charge on any atom is 0.226 e. The van der Waals surface area contributed by atoms with Gasteiger partial charge >= 0.3 is 0 Å². The number of nitrogens with two attached hydrogens (primary N) is 1. The summed E-state index contributed by atoms with van der Waals surface area (Å²) in [5.41, 5.74) is 5.62. The first-order chi connectivity index (χ1) is 7.10. The van der Waals surface area contributed by atoms with E-state index in [1.165, 1.54) is 6.42 Å². The fourth-order valence-corrected chi connectivity index (χ4v) is 2.10. The second-order valence-electron chi connectivity index (χ2n) is 4.91. The molecule has 0 saturated heterocycles. The van der Waals surface area contributed by atoms with Crippen LogP contribution in [0.25, 0.3) is 0 Å². The number of hydrogen-bond acceptors (Lipinski definition) is 2. The standard InChI is InChI=1S/C12H24N2O/c1-4-5-10(7-13)12(15)14(3)8-11-6-9(11)2/h9-11H,4-8,13H2,1-3H3. The molecular weight excluding hydrogens is 188 g/mol. The molecule has 3 nitrogen and oxygen atoms in total. The van der Waals surface area contributed by atoms with Crippen molar-refractivity contribution in [3.63, 3.8) is 0 Å². The van der Waals surface area contributed by atoms with Crippen LogP contribution in [0.15, 0.2) is 0 Å². The molecule has 88 valence electrons. The Morgan fingerprint density at radius 2 is 2.20 bits per heavy atom. The normalized spacial score (nSPS) is 26.1. The van der Waals surface area contributed by atoms with E-state index in [1.54, 1.807) is 0 Å². The number of hydrogen-bond donors (Lipinski definition) is 1. The van der Waals surface area contributed by atoms with Crippen molar-refractivity contribution in [2.75, 3.05) is 20.1 Å². The first-order valence-corrected chi connectivity index (χ1v) is 6.05. The molecule has 1 aliphatic carbocycles. The summed E-state index contributed by atoms with van der Waals surface area (Å²) in [6.07, 6.45) is 3.22. The third kappa shape index (κ3) is 3.49. The van der Waals surface area contributed by atoms with E-state index in [0.29, 0.717) is 6.54 Å². The summed E-state index contributed by atoms with van der Waals surface area (Å²) in [5.74, 6) is 1.81. The Balaban J connectivity index is 2.35. The van der Waals surface area contributed by atoms with Gasteiger partial charge in [-0.25, -0.2) is 0 Å². The number of amides is 1. The van der Waals surface area contributed by atoms with Crippen LogP contribution < -0.4 is 5.73 Å². The lowest BCUT2D eigenvalue weighted by molar-refractivity contribution is -0.134.